The number of alkyl halides is 1. The fraction of sp³-hybridized carbons (Fsp3) is 0.250. The third-order valence-corrected chi connectivity index (χ3v) is 2.82. The molecule has 1 amide bonds. The lowest BCUT2D eigenvalue weighted by molar-refractivity contribution is -0.121. The van der Waals surface area contributed by atoms with E-state index in [1.807, 2.05) is 6.07 Å². The Morgan fingerprint density at radius 2 is 2.33 bits per heavy atom. The number of anilines is 1. The van der Waals surface area contributed by atoms with Gasteiger partial charge >= 0.3 is 0 Å². The lowest BCUT2D eigenvalue weighted by atomic mass is 10.1. The van der Waals surface area contributed by atoms with E-state index in [0.717, 1.165) is 0 Å². The monoisotopic (exact) mass is 264 g/mol. The Hall–Kier alpha value is -2.06. The lowest BCUT2D eigenvalue weighted by Crippen LogP contribution is -2.39. The van der Waals surface area contributed by atoms with E-state index in [4.69, 9.17) is 21.6 Å². The molecule has 1 aromatic rings. The van der Waals surface area contributed by atoms with E-state index in [0.29, 0.717) is 17.0 Å². The second-order valence-electron chi connectivity index (χ2n) is 3.67. The largest absolute Gasteiger partial charge is 0.482 e. The van der Waals surface area contributed by atoms with E-state index < -0.39 is 0 Å². The van der Waals surface area contributed by atoms with Crippen LogP contribution in [0.15, 0.2) is 18.2 Å². The molecule has 2 rings (SSSR count). The number of benzene rings is 1. The first-order valence-electron chi connectivity index (χ1n) is 5.20. The summed E-state index contributed by atoms with van der Waals surface area (Å²) in [5.74, 6) is -0.198. The van der Waals surface area contributed by atoms with Crippen LogP contribution in [0.25, 0.3) is 0 Å². The SMILES string of the molecule is N#CCN1C(=O)COc2ccc(C(=O)CCl)cc21. The third-order valence-electron chi connectivity index (χ3n) is 2.57. The topological polar surface area (TPSA) is 70.4 Å². The number of Topliss-reactive ketones (excluding diaryl/α,β-unsaturated/α-hetero) is 1. The molecule has 0 fully saturated rings. The van der Waals surface area contributed by atoms with Gasteiger partial charge in [0, 0.05) is 5.56 Å². The Morgan fingerprint density at radius 1 is 1.56 bits per heavy atom. The Kier molecular flexibility index (Phi) is 3.49. The molecular formula is C12H9ClN2O3. The van der Waals surface area contributed by atoms with Gasteiger partial charge in [0.25, 0.3) is 5.91 Å². The first-order chi connectivity index (χ1) is 8.67. The zero-order valence-electron chi connectivity index (χ0n) is 9.35. The maximum Gasteiger partial charge on any atom is 0.265 e. The van der Waals surface area contributed by atoms with Crippen LogP contribution in [0.1, 0.15) is 10.4 Å². The second kappa shape index (κ2) is 5.07. The van der Waals surface area contributed by atoms with Crippen molar-refractivity contribution in [1.82, 2.24) is 0 Å². The van der Waals surface area contributed by atoms with Crippen molar-refractivity contribution in [3.63, 3.8) is 0 Å². The number of ketones is 1. The highest BCUT2D eigenvalue weighted by Gasteiger charge is 2.26. The summed E-state index contributed by atoms with van der Waals surface area (Å²) < 4.78 is 5.24. The minimum atomic E-state index is -0.306. The molecule has 18 heavy (non-hydrogen) atoms. The van der Waals surface area contributed by atoms with E-state index in [9.17, 15) is 9.59 Å². The van der Waals surface area contributed by atoms with Gasteiger partial charge in [-0.2, -0.15) is 5.26 Å². The normalized spacial score (nSPS) is 13.6. The van der Waals surface area contributed by atoms with Gasteiger partial charge in [0.1, 0.15) is 12.3 Å². The number of ether oxygens (including phenoxy) is 1. The molecule has 0 spiro atoms. The smallest absolute Gasteiger partial charge is 0.265 e. The molecule has 0 saturated carbocycles. The van der Waals surface area contributed by atoms with Crippen molar-refractivity contribution in [3.05, 3.63) is 23.8 Å². The summed E-state index contributed by atoms with van der Waals surface area (Å²) in [6.07, 6.45) is 0. The molecule has 1 aromatic carbocycles. The van der Waals surface area contributed by atoms with Gasteiger partial charge in [0.05, 0.1) is 17.6 Å². The maximum absolute atomic E-state index is 11.6. The number of halogens is 1. The minimum absolute atomic E-state index is 0.0757. The van der Waals surface area contributed by atoms with E-state index in [1.54, 1.807) is 12.1 Å². The first kappa shape index (κ1) is 12.4. The summed E-state index contributed by atoms with van der Waals surface area (Å²) in [4.78, 5) is 24.4. The van der Waals surface area contributed by atoms with Crippen LogP contribution >= 0.6 is 11.6 Å². The van der Waals surface area contributed by atoms with E-state index in [-0.39, 0.29) is 30.7 Å². The van der Waals surface area contributed by atoms with E-state index in [1.165, 1.54) is 11.0 Å². The molecule has 0 unspecified atom stereocenters. The van der Waals surface area contributed by atoms with Crippen molar-refractivity contribution in [3.8, 4) is 11.8 Å². The zero-order valence-corrected chi connectivity index (χ0v) is 10.1. The summed E-state index contributed by atoms with van der Waals surface area (Å²) in [6, 6.07) is 6.62. The van der Waals surface area contributed by atoms with Gasteiger partial charge in [-0.1, -0.05) is 0 Å². The van der Waals surface area contributed by atoms with Crippen molar-refractivity contribution in [2.24, 2.45) is 0 Å². The summed E-state index contributed by atoms with van der Waals surface area (Å²) in [5, 5.41) is 8.71. The van der Waals surface area contributed by atoms with Crippen molar-refractivity contribution in [2.45, 2.75) is 0 Å². The molecule has 0 bridgehead atoms. The van der Waals surface area contributed by atoms with Crippen LogP contribution in [0.3, 0.4) is 0 Å². The number of hydrogen-bond acceptors (Lipinski definition) is 4. The Morgan fingerprint density at radius 3 is 3.00 bits per heavy atom. The Labute approximate surface area is 109 Å². The van der Waals surface area contributed by atoms with Crippen LogP contribution in [-0.4, -0.2) is 30.7 Å². The first-order valence-corrected chi connectivity index (χ1v) is 5.74. The molecule has 6 heteroatoms. The predicted octanol–water partition coefficient (Wildman–Crippen LogP) is 1.36. The second-order valence-corrected chi connectivity index (χ2v) is 3.93. The number of nitrogens with zero attached hydrogens (tertiary/aromatic N) is 2. The van der Waals surface area contributed by atoms with Crippen LogP contribution in [-0.2, 0) is 4.79 Å². The number of hydrogen-bond donors (Lipinski definition) is 0. The maximum atomic E-state index is 11.6. The van der Waals surface area contributed by atoms with Gasteiger partial charge in [0.2, 0.25) is 0 Å². The minimum Gasteiger partial charge on any atom is -0.482 e. The van der Waals surface area contributed by atoms with E-state index in [2.05, 4.69) is 0 Å². The number of amides is 1. The summed E-state index contributed by atoms with van der Waals surface area (Å²) in [5.41, 5.74) is 0.828. The van der Waals surface area contributed by atoms with Gasteiger partial charge in [-0.05, 0) is 18.2 Å². The average molecular weight is 265 g/mol. The summed E-state index contributed by atoms with van der Waals surface area (Å²) in [6.45, 7) is -0.175. The molecule has 1 heterocycles. The quantitative estimate of drug-likeness (QED) is 0.469. The molecular weight excluding hydrogens is 256 g/mol. The Balaban J connectivity index is 2.45. The van der Waals surface area contributed by atoms with Gasteiger partial charge in [-0.15, -0.1) is 11.6 Å². The number of rotatable bonds is 3. The van der Waals surface area contributed by atoms with Crippen molar-refractivity contribution >= 4 is 29.0 Å². The zero-order chi connectivity index (χ0) is 13.1. The molecule has 0 radical (unpaired) electrons. The van der Waals surface area contributed by atoms with Crippen molar-refractivity contribution in [2.75, 3.05) is 23.9 Å². The number of carbonyl (C=O) groups excluding carboxylic acids is 2. The van der Waals surface area contributed by atoms with Gasteiger partial charge in [0.15, 0.2) is 12.4 Å². The Bertz CT molecular complexity index is 551. The molecule has 1 aliphatic heterocycles. The average Bonchev–Trinajstić information content (AvgIpc) is 2.40. The highest BCUT2D eigenvalue weighted by atomic mass is 35.5. The molecule has 92 valence electrons. The van der Waals surface area contributed by atoms with Crippen LogP contribution in [0.4, 0.5) is 5.69 Å². The highest BCUT2D eigenvalue weighted by molar-refractivity contribution is 6.30. The van der Waals surface area contributed by atoms with Crippen LogP contribution in [0.5, 0.6) is 5.75 Å². The molecule has 1 aliphatic rings. The van der Waals surface area contributed by atoms with Crippen LogP contribution in [0, 0.1) is 11.3 Å². The van der Waals surface area contributed by atoms with Gasteiger partial charge in [-0.25, -0.2) is 0 Å². The van der Waals surface area contributed by atoms with Gasteiger partial charge in [-0.3, -0.25) is 14.5 Å². The lowest BCUT2D eigenvalue weighted by Gasteiger charge is -2.27. The molecule has 0 aromatic heterocycles. The summed E-state index contributed by atoms with van der Waals surface area (Å²) in [7, 11) is 0. The number of nitriles is 1. The van der Waals surface area contributed by atoms with Crippen LogP contribution < -0.4 is 9.64 Å². The molecule has 0 N–H and O–H groups in total. The number of carbonyl (C=O) groups is 2. The summed E-state index contributed by atoms with van der Waals surface area (Å²) >= 11 is 5.48. The van der Waals surface area contributed by atoms with Crippen molar-refractivity contribution < 1.29 is 14.3 Å². The molecule has 5 nitrogen and oxygen atoms in total. The third kappa shape index (κ3) is 2.15. The fourth-order valence-electron chi connectivity index (χ4n) is 1.70. The number of fused-ring (bicyclic) bond motifs is 1. The van der Waals surface area contributed by atoms with Gasteiger partial charge < -0.3 is 4.74 Å². The van der Waals surface area contributed by atoms with E-state index >= 15 is 0 Å². The standard InChI is InChI=1S/C12H9ClN2O3/c13-6-10(16)8-1-2-11-9(5-8)15(4-3-14)12(17)7-18-11/h1-2,5H,4,6-7H2. The fourth-order valence-corrected chi connectivity index (χ4v) is 1.85. The van der Waals surface area contributed by atoms with Crippen LogP contribution in [0.2, 0.25) is 0 Å². The molecule has 0 saturated heterocycles. The molecule has 0 atom stereocenters. The highest BCUT2D eigenvalue weighted by Crippen LogP contribution is 2.32. The molecule has 0 aliphatic carbocycles. The predicted molar refractivity (Wildman–Crippen MR) is 65.0 cm³/mol. The van der Waals surface area contributed by atoms with Crippen molar-refractivity contribution in [1.29, 1.82) is 5.26 Å².